The fourth-order valence-electron chi connectivity index (χ4n) is 1.54. The van der Waals surface area contributed by atoms with Crippen LogP contribution < -0.4 is 4.90 Å². The third-order valence-electron chi connectivity index (χ3n) is 2.54. The van der Waals surface area contributed by atoms with Crippen LogP contribution in [0.5, 0.6) is 0 Å². The van der Waals surface area contributed by atoms with E-state index in [9.17, 15) is 12.8 Å². The predicted molar refractivity (Wildman–Crippen MR) is 73.9 cm³/mol. The molecule has 0 radical (unpaired) electrons. The van der Waals surface area contributed by atoms with Gasteiger partial charge in [-0.3, -0.25) is 0 Å². The molecule has 20 heavy (non-hydrogen) atoms. The molecule has 0 aliphatic heterocycles. The monoisotopic (exact) mass is 293 g/mol. The first kappa shape index (κ1) is 15.7. The van der Waals surface area contributed by atoms with Crippen molar-refractivity contribution in [3.8, 4) is 12.1 Å². The van der Waals surface area contributed by atoms with Gasteiger partial charge in [0.1, 0.15) is 28.4 Å². The van der Waals surface area contributed by atoms with E-state index in [-0.39, 0.29) is 11.1 Å². The van der Waals surface area contributed by atoms with Gasteiger partial charge in [0.25, 0.3) is 0 Å². The zero-order chi connectivity index (χ0) is 15.5. The van der Waals surface area contributed by atoms with Crippen LogP contribution in [0.15, 0.2) is 17.0 Å². The van der Waals surface area contributed by atoms with Gasteiger partial charge >= 0.3 is 0 Å². The highest BCUT2D eigenvalue weighted by molar-refractivity contribution is 7.95. The van der Waals surface area contributed by atoms with E-state index in [0.29, 0.717) is 5.69 Å². The van der Waals surface area contributed by atoms with Gasteiger partial charge in [-0.1, -0.05) is 0 Å². The van der Waals surface area contributed by atoms with E-state index in [1.807, 2.05) is 0 Å². The van der Waals surface area contributed by atoms with Crippen LogP contribution in [-0.4, -0.2) is 28.8 Å². The summed E-state index contributed by atoms with van der Waals surface area (Å²) in [6.07, 6.45) is 1.78. The SMILES string of the molecule is CN(C)c1ccc(/C=C(\C#N)S(C)(=O)=O)c(F)c1C#N. The first-order chi connectivity index (χ1) is 9.22. The number of hydrogen-bond acceptors (Lipinski definition) is 5. The average molecular weight is 293 g/mol. The van der Waals surface area contributed by atoms with Gasteiger partial charge in [0, 0.05) is 25.9 Å². The van der Waals surface area contributed by atoms with Crippen molar-refractivity contribution in [2.24, 2.45) is 0 Å². The van der Waals surface area contributed by atoms with Crippen molar-refractivity contribution in [2.45, 2.75) is 0 Å². The molecule has 0 heterocycles. The highest BCUT2D eigenvalue weighted by Gasteiger charge is 2.16. The molecule has 0 aliphatic carbocycles. The van der Waals surface area contributed by atoms with Crippen LogP contribution in [0.4, 0.5) is 10.1 Å². The molecule has 0 aliphatic rings. The fraction of sp³-hybridized carbons (Fsp3) is 0.231. The second kappa shape index (κ2) is 5.72. The smallest absolute Gasteiger partial charge is 0.185 e. The Kier molecular flexibility index (Phi) is 4.49. The van der Waals surface area contributed by atoms with E-state index >= 15 is 0 Å². The zero-order valence-corrected chi connectivity index (χ0v) is 12.0. The summed E-state index contributed by atoms with van der Waals surface area (Å²) in [4.78, 5) is 1.01. The lowest BCUT2D eigenvalue weighted by molar-refractivity contribution is 0.608. The molecule has 0 atom stereocenters. The van der Waals surface area contributed by atoms with Crippen molar-refractivity contribution >= 4 is 21.6 Å². The molecule has 0 saturated carbocycles. The van der Waals surface area contributed by atoms with Gasteiger partial charge in [0.05, 0.1) is 5.69 Å². The standard InChI is InChI=1S/C13H12FN3O2S/c1-17(2)12-5-4-9(13(14)11(12)8-16)6-10(7-15)20(3,18)19/h4-6H,1-3H3/b10-6+. The number of anilines is 1. The van der Waals surface area contributed by atoms with E-state index < -0.39 is 20.6 Å². The maximum atomic E-state index is 14.2. The minimum Gasteiger partial charge on any atom is -0.377 e. The van der Waals surface area contributed by atoms with Crippen molar-refractivity contribution in [2.75, 3.05) is 25.3 Å². The summed E-state index contributed by atoms with van der Waals surface area (Å²) in [5.41, 5.74) is 0.0590. The molecule has 104 valence electrons. The van der Waals surface area contributed by atoms with Gasteiger partial charge in [0.15, 0.2) is 9.84 Å². The molecule has 0 spiro atoms. The first-order valence-corrected chi connectivity index (χ1v) is 7.33. The van der Waals surface area contributed by atoms with Crippen LogP contribution in [0, 0.1) is 28.5 Å². The van der Waals surface area contributed by atoms with Crippen LogP contribution in [0.1, 0.15) is 11.1 Å². The van der Waals surface area contributed by atoms with Gasteiger partial charge < -0.3 is 4.90 Å². The molecule has 0 aromatic heterocycles. The topological polar surface area (TPSA) is 85.0 Å². The number of hydrogen-bond donors (Lipinski definition) is 0. The quantitative estimate of drug-likeness (QED) is 0.791. The maximum absolute atomic E-state index is 14.2. The highest BCUT2D eigenvalue weighted by atomic mass is 32.2. The summed E-state index contributed by atoms with van der Waals surface area (Å²) in [5, 5.41) is 17.8. The number of benzene rings is 1. The first-order valence-electron chi connectivity index (χ1n) is 5.44. The van der Waals surface area contributed by atoms with E-state index in [2.05, 4.69) is 0 Å². The Labute approximate surface area is 117 Å². The number of halogens is 1. The summed E-state index contributed by atoms with van der Waals surface area (Å²) < 4.78 is 36.8. The second-order valence-corrected chi connectivity index (χ2v) is 6.25. The van der Waals surface area contributed by atoms with Crippen molar-refractivity contribution < 1.29 is 12.8 Å². The van der Waals surface area contributed by atoms with Crippen LogP contribution in [0.25, 0.3) is 6.08 Å². The molecule has 7 heteroatoms. The Morgan fingerprint density at radius 1 is 1.35 bits per heavy atom. The Morgan fingerprint density at radius 3 is 2.35 bits per heavy atom. The number of nitrogens with zero attached hydrogens (tertiary/aromatic N) is 3. The molecule has 0 bridgehead atoms. The number of allylic oxidation sites excluding steroid dienone is 1. The molecule has 0 unspecified atom stereocenters. The Balaban J connectivity index is 3.56. The summed E-state index contributed by atoms with van der Waals surface area (Å²) in [6, 6.07) is 6.06. The number of sulfone groups is 1. The molecule has 1 aromatic carbocycles. The van der Waals surface area contributed by atoms with Gasteiger partial charge in [0.2, 0.25) is 0 Å². The third-order valence-corrected chi connectivity index (χ3v) is 3.55. The summed E-state index contributed by atoms with van der Waals surface area (Å²) in [7, 11) is -0.426. The van der Waals surface area contributed by atoms with Crippen LogP contribution in [0.3, 0.4) is 0 Å². The van der Waals surface area contributed by atoms with E-state index in [1.165, 1.54) is 18.2 Å². The molecule has 0 amide bonds. The van der Waals surface area contributed by atoms with Gasteiger partial charge in [-0.05, 0) is 18.2 Å². The molecule has 0 N–H and O–H groups in total. The maximum Gasteiger partial charge on any atom is 0.185 e. The fourth-order valence-corrected chi connectivity index (χ4v) is 2.04. The molecule has 1 rings (SSSR count). The molecule has 1 aromatic rings. The van der Waals surface area contributed by atoms with Gasteiger partial charge in [-0.25, -0.2) is 12.8 Å². The van der Waals surface area contributed by atoms with Crippen molar-refractivity contribution in [1.29, 1.82) is 10.5 Å². The van der Waals surface area contributed by atoms with Gasteiger partial charge in [-0.15, -0.1) is 0 Å². The normalized spacial score (nSPS) is 11.6. The van der Waals surface area contributed by atoms with Crippen molar-refractivity contribution in [3.63, 3.8) is 0 Å². The van der Waals surface area contributed by atoms with E-state index in [0.717, 1.165) is 12.3 Å². The third kappa shape index (κ3) is 3.14. The Bertz CT molecular complexity index is 753. The van der Waals surface area contributed by atoms with E-state index in [1.54, 1.807) is 25.1 Å². The zero-order valence-electron chi connectivity index (χ0n) is 11.2. The number of rotatable bonds is 3. The predicted octanol–water partition coefficient (Wildman–Crippen LogP) is 1.67. The van der Waals surface area contributed by atoms with Crippen LogP contribution in [0.2, 0.25) is 0 Å². The number of nitriles is 2. The minimum absolute atomic E-state index is 0.117. The van der Waals surface area contributed by atoms with Crippen LogP contribution >= 0.6 is 0 Å². The summed E-state index contributed by atoms with van der Waals surface area (Å²) >= 11 is 0. The van der Waals surface area contributed by atoms with Crippen LogP contribution in [-0.2, 0) is 9.84 Å². The largest absolute Gasteiger partial charge is 0.377 e. The van der Waals surface area contributed by atoms with Crippen molar-refractivity contribution in [1.82, 2.24) is 0 Å². The molecular formula is C13H12FN3O2S. The second-order valence-electron chi connectivity index (χ2n) is 4.26. The summed E-state index contributed by atoms with van der Waals surface area (Å²) in [6.45, 7) is 0. The average Bonchev–Trinajstić information content (AvgIpc) is 2.35. The Morgan fingerprint density at radius 2 is 1.95 bits per heavy atom. The highest BCUT2D eigenvalue weighted by Crippen LogP contribution is 2.25. The lowest BCUT2D eigenvalue weighted by atomic mass is 10.1. The van der Waals surface area contributed by atoms with Gasteiger partial charge in [-0.2, -0.15) is 10.5 Å². The molecule has 5 nitrogen and oxygen atoms in total. The van der Waals surface area contributed by atoms with E-state index in [4.69, 9.17) is 10.5 Å². The summed E-state index contributed by atoms with van der Waals surface area (Å²) in [5.74, 6) is -0.852. The lowest BCUT2D eigenvalue weighted by Crippen LogP contribution is -2.11. The molecule has 0 fully saturated rings. The molecular weight excluding hydrogens is 281 g/mol. The molecule has 0 saturated heterocycles. The Hall–Kier alpha value is -2.38. The lowest BCUT2D eigenvalue weighted by Gasteiger charge is -2.15. The minimum atomic E-state index is -3.74. The van der Waals surface area contributed by atoms with Crippen molar-refractivity contribution in [3.05, 3.63) is 34.0 Å².